The molecule has 0 atom stereocenters. The van der Waals surface area contributed by atoms with Gasteiger partial charge in [0.2, 0.25) is 0 Å². The summed E-state index contributed by atoms with van der Waals surface area (Å²) in [5.41, 5.74) is 1.08. The smallest absolute Gasteiger partial charge is 0.256 e. The van der Waals surface area contributed by atoms with E-state index in [0.29, 0.717) is 32.1 Å². The Morgan fingerprint density at radius 3 is 2.76 bits per heavy atom. The molecule has 0 aliphatic carbocycles. The van der Waals surface area contributed by atoms with Crippen molar-refractivity contribution in [1.82, 2.24) is 0 Å². The molecule has 4 nitrogen and oxygen atoms in total. The highest BCUT2D eigenvalue weighted by molar-refractivity contribution is 9.10. The van der Waals surface area contributed by atoms with Gasteiger partial charge in [0.25, 0.3) is 5.91 Å². The predicted molar refractivity (Wildman–Crippen MR) is 84.8 cm³/mol. The highest BCUT2D eigenvalue weighted by Gasteiger charge is 2.15. The minimum Gasteiger partial charge on any atom is -0.495 e. The number of anilines is 1. The topological polar surface area (TPSA) is 62.1 Å². The molecule has 0 bridgehead atoms. The van der Waals surface area contributed by atoms with Crippen LogP contribution in [0.4, 0.5) is 5.69 Å². The van der Waals surface area contributed by atoms with Gasteiger partial charge in [-0.15, -0.1) is 0 Å². The van der Waals surface area contributed by atoms with E-state index in [0.717, 1.165) is 0 Å². The van der Waals surface area contributed by atoms with Gasteiger partial charge in [0.05, 0.1) is 18.2 Å². The normalized spacial score (nSPS) is 9.81. The van der Waals surface area contributed by atoms with Gasteiger partial charge in [-0.2, -0.15) is 5.26 Å². The Balaban J connectivity index is 2.38. The third-order valence-electron chi connectivity index (χ3n) is 2.78. The lowest BCUT2D eigenvalue weighted by molar-refractivity contribution is 0.102. The number of carbonyl (C=O) groups is 1. The maximum atomic E-state index is 12.3. The first kappa shape index (κ1) is 15.4. The molecule has 21 heavy (non-hydrogen) atoms. The van der Waals surface area contributed by atoms with Crippen LogP contribution in [0.3, 0.4) is 0 Å². The van der Waals surface area contributed by atoms with Gasteiger partial charge in [-0.25, -0.2) is 0 Å². The Morgan fingerprint density at radius 2 is 2.14 bits per heavy atom. The van der Waals surface area contributed by atoms with Crippen LogP contribution in [0.1, 0.15) is 15.9 Å². The number of nitriles is 1. The molecule has 0 aliphatic rings. The van der Waals surface area contributed by atoms with E-state index in [1.54, 1.807) is 36.4 Å². The SMILES string of the molecule is COc1cccc(C#N)c1NC(=O)c1ccc(Cl)cc1Br. The summed E-state index contributed by atoms with van der Waals surface area (Å²) < 4.78 is 5.75. The molecule has 0 saturated heterocycles. The van der Waals surface area contributed by atoms with E-state index in [4.69, 9.17) is 21.6 Å². The average molecular weight is 366 g/mol. The fourth-order valence-corrected chi connectivity index (χ4v) is 2.64. The van der Waals surface area contributed by atoms with Crippen LogP contribution < -0.4 is 10.1 Å². The molecule has 0 spiro atoms. The van der Waals surface area contributed by atoms with Crippen LogP contribution in [0.15, 0.2) is 40.9 Å². The minimum atomic E-state index is -0.362. The number of amides is 1. The lowest BCUT2D eigenvalue weighted by Gasteiger charge is -2.12. The lowest BCUT2D eigenvalue weighted by atomic mass is 10.1. The second-order valence-electron chi connectivity index (χ2n) is 4.07. The Bertz CT molecular complexity index is 741. The fraction of sp³-hybridized carbons (Fsp3) is 0.0667. The summed E-state index contributed by atoms with van der Waals surface area (Å²) >= 11 is 9.14. The highest BCUT2D eigenvalue weighted by Crippen LogP contribution is 2.29. The summed E-state index contributed by atoms with van der Waals surface area (Å²) in [5.74, 6) is 0.0621. The van der Waals surface area contributed by atoms with Crippen molar-refractivity contribution in [2.75, 3.05) is 12.4 Å². The van der Waals surface area contributed by atoms with Gasteiger partial charge in [0, 0.05) is 9.50 Å². The number of nitrogens with zero attached hydrogens (tertiary/aromatic N) is 1. The van der Waals surface area contributed by atoms with Crippen molar-refractivity contribution in [2.45, 2.75) is 0 Å². The largest absolute Gasteiger partial charge is 0.495 e. The van der Waals surface area contributed by atoms with Gasteiger partial charge in [-0.05, 0) is 46.3 Å². The molecule has 0 aromatic heterocycles. The van der Waals surface area contributed by atoms with Gasteiger partial charge in [0.15, 0.2) is 0 Å². The molecular formula is C15H10BrClN2O2. The van der Waals surface area contributed by atoms with E-state index < -0.39 is 0 Å². The lowest BCUT2D eigenvalue weighted by Crippen LogP contribution is -2.14. The molecule has 0 heterocycles. The molecule has 1 N–H and O–H groups in total. The van der Waals surface area contributed by atoms with Crippen molar-refractivity contribution in [2.24, 2.45) is 0 Å². The summed E-state index contributed by atoms with van der Waals surface area (Å²) in [6.45, 7) is 0. The Morgan fingerprint density at radius 1 is 1.38 bits per heavy atom. The van der Waals surface area contributed by atoms with Crippen LogP contribution in [0.25, 0.3) is 0 Å². The average Bonchev–Trinajstić information content (AvgIpc) is 2.47. The molecule has 0 fully saturated rings. The van der Waals surface area contributed by atoms with Gasteiger partial charge < -0.3 is 10.1 Å². The summed E-state index contributed by atoms with van der Waals surface area (Å²) in [7, 11) is 1.48. The fourth-order valence-electron chi connectivity index (χ4n) is 1.78. The second-order valence-corrected chi connectivity index (χ2v) is 5.36. The van der Waals surface area contributed by atoms with E-state index in [9.17, 15) is 4.79 Å². The van der Waals surface area contributed by atoms with Crippen molar-refractivity contribution in [1.29, 1.82) is 5.26 Å². The quantitative estimate of drug-likeness (QED) is 0.885. The number of para-hydroxylation sites is 1. The molecule has 6 heteroatoms. The molecule has 0 aliphatic heterocycles. The number of ether oxygens (including phenoxy) is 1. The number of benzene rings is 2. The molecule has 106 valence electrons. The first-order valence-corrected chi connectivity index (χ1v) is 7.07. The zero-order valence-corrected chi connectivity index (χ0v) is 13.3. The number of methoxy groups -OCH3 is 1. The molecule has 0 radical (unpaired) electrons. The van der Waals surface area contributed by atoms with Gasteiger partial charge in [0.1, 0.15) is 17.5 Å². The van der Waals surface area contributed by atoms with Crippen LogP contribution >= 0.6 is 27.5 Å². The summed E-state index contributed by atoms with van der Waals surface area (Å²) in [6.07, 6.45) is 0. The summed E-state index contributed by atoms with van der Waals surface area (Å²) in [4.78, 5) is 12.3. The zero-order chi connectivity index (χ0) is 15.4. The van der Waals surface area contributed by atoms with Gasteiger partial charge in [-0.3, -0.25) is 4.79 Å². The van der Waals surface area contributed by atoms with E-state index in [1.165, 1.54) is 7.11 Å². The maximum absolute atomic E-state index is 12.3. The van der Waals surface area contributed by atoms with Crippen LogP contribution in [0, 0.1) is 11.3 Å². The maximum Gasteiger partial charge on any atom is 0.256 e. The second kappa shape index (κ2) is 6.61. The van der Waals surface area contributed by atoms with Gasteiger partial charge >= 0.3 is 0 Å². The Kier molecular flexibility index (Phi) is 4.84. The van der Waals surface area contributed by atoms with E-state index in [2.05, 4.69) is 21.2 Å². The minimum absolute atomic E-state index is 0.327. The Hall–Kier alpha value is -2.03. The van der Waals surface area contributed by atoms with Crippen LogP contribution in [-0.2, 0) is 0 Å². The third-order valence-corrected chi connectivity index (χ3v) is 3.67. The third kappa shape index (κ3) is 3.35. The summed E-state index contributed by atoms with van der Waals surface area (Å²) in [6, 6.07) is 11.8. The number of hydrogen-bond donors (Lipinski definition) is 1. The van der Waals surface area contributed by atoms with Crippen LogP contribution in [-0.4, -0.2) is 13.0 Å². The highest BCUT2D eigenvalue weighted by atomic mass is 79.9. The van der Waals surface area contributed by atoms with Crippen molar-refractivity contribution >= 4 is 39.1 Å². The number of carbonyl (C=O) groups excluding carboxylic acids is 1. The zero-order valence-electron chi connectivity index (χ0n) is 11.0. The Labute approximate surface area is 135 Å². The monoisotopic (exact) mass is 364 g/mol. The first-order valence-electron chi connectivity index (χ1n) is 5.90. The number of rotatable bonds is 3. The van der Waals surface area contributed by atoms with E-state index in [-0.39, 0.29) is 5.91 Å². The van der Waals surface area contributed by atoms with Crippen LogP contribution in [0.5, 0.6) is 5.75 Å². The molecule has 2 rings (SSSR count). The first-order chi connectivity index (χ1) is 10.1. The number of halogens is 2. The standard InChI is InChI=1S/C15H10BrClN2O2/c1-21-13-4-2-3-9(8-18)14(13)19-15(20)11-6-5-10(17)7-12(11)16/h2-7H,1H3,(H,19,20). The van der Waals surface area contributed by atoms with Gasteiger partial charge in [-0.1, -0.05) is 17.7 Å². The van der Waals surface area contributed by atoms with E-state index >= 15 is 0 Å². The molecular weight excluding hydrogens is 356 g/mol. The van der Waals surface area contributed by atoms with Crippen LogP contribution in [0.2, 0.25) is 5.02 Å². The van der Waals surface area contributed by atoms with Crippen molar-refractivity contribution < 1.29 is 9.53 Å². The van der Waals surface area contributed by atoms with Crippen molar-refractivity contribution in [3.63, 3.8) is 0 Å². The molecule has 2 aromatic carbocycles. The molecule has 1 amide bonds. The van der Waals surface area contributed by atoms with Crippen molar-refractivity contribution in [3.05, 3.63) is 57.0 Å². The number of nitrogens with one attached hydrogen (secondary N) is 1. The van der Waals surface area contributed by atoms with Crippen molar-refractivity contribution in [3.8, 4) is 11.8 Å². The number of hydrogen-bond acceptors (Lipinski definition) is 3. The molecule has 0 saturated carbocycles. The van der Waals surface area contributed by atoms with E-state index in [1.807, 2.05) is 6.07 Å². The predicted octanol–water partition coefficient (Wildman–Crippen LogP) is 4.24. The molecule has 2 aromatic rings. The molecule has 0 unspecified atom stereocenters. The summed E-state index contributed by atoms with van der Waals surface area (Å²) in [5, 5.41) is 12.3.